The van der Waals surface area contributed by atoms with Gasteiger partial charge < -0.3 is 42.9 Å². The fourth-order valence-corrected chi connectivity index (χ4v) is 6.04. The summed E-state index contributed by atoms with van der Waals surface area (Å²) >= 11 is 0. The Bertz CT molecular complexity index is 996. The smallest absolute Gasteiger partial charge is 0.326 e. The molecular formula is C42H82N6O8. The molecule has 0 rings (SSSR count). The van der Waals surface area contributed by atoms with Crippen LogP contribution in [0, 0.1) is 0 Å². The molecule has 0 fully saturated rings. The van der Waals surface area contributed by atoms with Crippen molar-refractivity contribution in [2.45, 2.75) is 232 Å². The van der Waals surface area contributed by atoms with E-state index in [-0.39, 0.29) is 11.8 Å². The first-order chi connectivity index (χ1) is 26.7. The van der Waals surface area contributed by atoms with Crippen molar-refractivity contribution in [3.63, 3.8) is 0 Å². The van der Waals surface area contributed by atoms with Crippen molar-refractivity contribution in [3.8, 4) is 0 Å². The van der Waals surface area contributed by atoms with E-state index in [9.17, 15) is 39.0 Å². The van der Waals surface area contributed by atoms with E-state index in [1.807, 2.05) is 13.8 Å². The first-order valence-electron chi connectivity index (χ1n) is 21.9. The fourth-order valence-electron chi connectivity index (χ4n) is 6.04. The lowest BCUT2D eigenvalue weighted by Crippen LogP contribution is -2.54. The van der Waals surface area contributed by atoms with Crippen LogP contribution in [-0.2, 0) is 28.8 Å². The van der Waals surface area contributed by atoms with Crippen LogP contribution >= 0.6 is 0 Å². The number of rotatable bonds is 34. The van der Waals surface area contributed by atoms with E-state index in [0.717, 1.165) is 116 Å². The molecule has 0 heterocycles. The number of hydrogen-bond acceptors (Lipinski definition) is 8. The summed E-state index contributed by atoms with van der Waals surface area (Å²) in [6, 6.07) is -4.64. The fraction of sp³-hybridized carbons (Fsp3) is 0.857. The molecular weight excluding hydrogens is 716 g/mol. The summed E-state index contributed by atoms with van der Waals surface area (Å²) in [4.78, 5) is 73.0. The van der Waals surface area contributed by atoms with E-state index in [0.29, 0.717) is 38.5 Å². The van der Waals surface area contributed by atoms with Gasteiger partial charge in [0, 0.05) is 0 Å². The molecule has 0 radical (unpaired) electrons. The Morgan fingerprint density at radius 3 is 0.804 bits per heavy atom. The average Bonchev–Trinajstić information content (AvgIpc) is 3.16. The lowest BCUT2D eigenvalue weighted by atomic mass is 10.0. The highest BCUT2D eigenvalue weighted by atomic mass is 16.4. The van der Waals surface area contributed by atoms with Gasteiger partial charge in [0.05, 0.1) is 12.1 Å². The number of aliphatic carboxylic acids is 2. The number of unbranched alkanes of at least 4 members (excludes halogenated alkanes) is 12. The molecule has 0 aliphatic carbocycles. The maximum atomic E-state index is 12.7. The van der Waals surface area contributed by atoms with Crippen LogP contribution in [0.5, 0.6) is 0 Å². The van der Waals surface area contributed by atoms with E-state index < -0.39 is 60.0 Å². The summed E-state index contributed by atoms with van der Waals surface area (Å²) in [7, 11) is 0. The summed E-state index contributed by atoms with van der Waals surface area (Å²) in [5.74, 6) is -3.64. The molecule has 328 valence electrons. The van der Waals surface area contributed by atoms with Crippen molar-refractivity contribution in [3.05, 3.63) is 0 Å². The van der Waals surface area contributed by atoms with Crippen LogP contribution in [0.25, 0.3) is 0 Å². The molecule has 0 spiro atoms. The second-order valence-corrected chi connectivity index (χ2v) is 15.1. The zero-order chi connectivity index (χ0) is 42.7. The van der Waals surface area contributed by atoms with E-state index in [1.54, 1.807) is 0 Å². The molecule has 0 aliphatic rings. The van der Waals surface area contributed by atoms with Crippen LogP contribution in [0.2, 0.25) is 0 Å². The second kappa shape index (κ2) is 36.1. The number of carboxylic acids is 2. The standard InChI is InChI=1S/2C21H41N3O4/c2*1-4-7-10-13-16(22)19(25)23-17(14-11-8-5-2)20(26)24-18(21(27)28)15-12-9-6-3/h2*16-18H,4-15,22H2,1-3H3,(H,23,25)(H,24,26)(H,27,28). The monoisotopic (exact) mass is 799 g/mol. The molecule has 10 N–H and O–H groups in total. The van der Waals surface area contributed by atoms with Gasteiger partial charge in [0.1, 0.15) is 24.2 Å². The molecule has 0 saturated heterocycles. The Morgan fingerprint density at radius 2 is 0.571 bits per heavy atom. The summed E-state index contributed by atoms with van der Waals surface area (Å²) < 4.78 is 0. The van der Waals surface area contributed by atoms with E-state index >= 15 is 0 Å². The Balaban J connectivity index is 0. The van der Waals surface area contributed by atoms with Crippen molar-refractivity contribution in [2.75, 3.05) is 0 Å². The highest BCUT2D eigenvalue weighted by Crippen LogP contribution is 2.11. The molecule has 0 bridgehead atoms. The topological polar surface area (TPSA) is 243 Å². The normalized spacial score (nSPS) is 14.1. The van der Waals surface area contributed by atoms with E-state index in [4.69, 9.17) is 11.5 Å². The van der Waals surface area contributed by atoms with Gasteiger partial charge in [0.25, 0.3) is 0 Å². The molecule has 14 heteroatoms. The lowest BCUT2D eigenvalue weighted by molar-refractivity contribution is -0.143. The molecule has 6 unspecified atom stereocenters. The largest absolute Gasteiger partial charge is 0.480 e. The van der Waals surface area contributed by atoms with Crippen LogP contribution in [0.3, 0.4) is 0 Å². The Hall–Kier alpha value is -3.26. The summed E-state index contributed by atoms with van der Waals surface area (Å²) in [6.45, 7) is 12.4. The van der Waals surface area contributed by atoms with Crippen molar-refractivity contribution in [1.29, 1.82) is 0 Å². The molecule has 0 aromatic heterocycles. The molecule has 0 aliphatic heterocycles. The SMILES string of the molecule is CCCCCC(N)C(=O)NC(CCCCC)C(=O)NC(CCCCC)C(=O)O.CCCCCC(N)C(=O)NC(CCCCC)C(=O)NC(CCCCC)C(=O)O. The number of carboxylic acid groups (broad SMARTS) is 2. The van der Waals surface area contributed by atoms with Crippen LogP contribution in [0.4, 0.5) is 0 Å². The third-order valence-electron chi connectivity index (χ3n) is 9.79. The molecule has 4 amide bonds. The molecule has 14 nitrogen and oxygen atoms in total. The van der Waals surface area contributed by atoms with Gasteiger partial charge in [-0.05, 0) is 38.5 Å². The molecule has 0 aromatic carbocycles. The Labute approximate surface area is 338 Å². The highest BCUT2D eigenvalue weighted by molar-refractivity contribution is 5.92. The lowest BCUT2D eigenvalue weighted by Gasteiger charge is -2.23. The van der Waals surface area contributed by atoms with Crippen molar-refractivity contribution >= 4 is 35.6 Å². The molecule has 56 heavy (non-hydrogen) atoms. The molecule has 0 aromatic rings. The van der Waals surface area contributed by atoms with E-state index in [1.165, 1.54) is 0 Å². The Kier molecular flexibility index (Phi) is 35.4. The van der Waals surface area contributed by atoms with Crippen LogP contribution in [-0.4, -0.2) is 82.0 Å². The number of carbonyl (C=O) groups excluding carboxylic acids is 4. The highest BCUT2D eigenvalue weighted by Gasteiger charge is 2.29. The minimum atomic E-state index is -1.04. The summed E-state index contributed by atoms with van der Waals surface area (Å²) in [6.07, 6.45) is 19.5. The third kappa shape index (κ3) is 28.2. The quantitative estimate of drug-likeness (QED) is 0.0342. The summed E-state index contributed by atoms with van der Waals surface area (Å²) in [5, 5.41) is 29.5. The minimum absolute atomic E-state index is 0.342. The zero-order valence-corrected chi connectivity index (χ0v) is 35.9. The molecule has 6 atom stereocenters. The minimum Gasteiger partial charge on any atom is -0.480 e. The average molecular weight is 799 g/mol. The third-order valence-corrected chi connectivity index (χ3v) is 9.79. The predicted molar refractivity (Wildman–Crippen MR) is 224 cm³/mol. The number of amides is 4. The van der Waals surface area contributed by atoms with Crippen LogP contribution < -0.4 is 32.7 Å². The van der Waals surface area contributed by atoms with Gasteiger partial charge in [-0.15, -0.1) is 0 Å². The number of nitrogens with two attached hydrogens (primary N) is 2. The molecule has 0 saturated carbocycles. The number of nitrogens with one attached hydrogen (secondary N) is 4. The first kappa shape index (κ1) is 54.8. The van der Waals surface area contributed by atoms with Crippen molar-refractivity contribution in [2.24, 2.45) is 11.5 Å². The van der Waals surface area contributed by atoms with Crippen molar-refractivity contribution in [1.82, 2.24) is 21.3 Å². The summed E-state index contributed by atoms with van der Waals surface area (Å²) in [5.41, 5.74) is 11.9. The Morgan fingerprint density at radius 1 is 0.357 bits per heavy atom. The van der Waals surface area contributed by atoms with E-state index in [2.05, 4.69) is 49.0 Å². The maximum absolute atomic E-state index is 12.7. The first-order valence-corrected chi connectivity index (χ1v) is 21.9. The number of carbonyl (C=O) groups is 6. The van der Waals surface area contributed by atoms with Gasteiger partial charge in [-0.1, -0.05) is 157 Å². The van der Waals surface area contributed by atoms with Crippen LogP contribution in [0.1, 0.15) is 196 Å². The zero-order valence-electron chi connectivity index (χ0n) is 35.9. The van der Waals surface area contributed by atoms with Gasteiger partial charge in [-0.3, -0.25) is 19.2 Å². The predicted octanol–water partition coefficient (Wildman–Crippen LogP) is 6.22. The van der Waals surface area contributed by atoms with Gasteiger partial charge in [-0.2, -0.15) is 0 Å². The van der Waals surface area contributed by atoms with Gasteiger partial charge >= 0.3 is 11.9 Å². The second-order valence-electron chi connectivity index (χ2n) is 15.1. The van der Waals surface area contributed by atoms with Gasteiger partial charge in [0.2, 0.25) is 23.6 Å². The maximum Gasteiger partial charge on any atom is 0.326 e. The number of hydrogen-bond donors (Lipinski definition) is 8. The van der Waals surface area contributed by atoms with Crippen molar-refractivity contribution < 1.29 is 39.0 Å². The van der Waals surface area contributed by atoms with Gasteiger partial charge in [-0.25, -0.2) is 9.59 Å². The van der Waals surface area contributed by atoms with Crippen LogP contribution in [0.15, 0.2) is 0 Å². The van der Waals surface area contributed by atoms with Gasteiger partial charge in [0.15, 0.2) is 0 Å².